The first-order valence-electron chi connectivity index (χ1n) is 9.93. The van der Waals surface area contributed by atoms with E-state index in [-0.39, 0.29) is 5.91 Å². The standard InChI is InChI=1S/C23H30N4O/c1-16(2)27(17(3)4)14-12-24-23(28)21-8-6-7-20(25-21)18-9-10-22-19(15-18)11-13-26(22)5/h6-11,13,15-17H,12,14H2,1-5H3,(H,24,28). The van der Waals surface area contributed by atoms with Gasteiger partial charge in [-0.05, 0) is 58.0 Å². The zero-order valence-electron chi connectivity index (χ0n) is 17.4. The molecule has 5 heteroatoms. The third-order valence-corrected chi connectivity index (χ3v) is 5.14. The molecule has 3 aromatic rings. The molecule has 0 aliphatic carbocycles. The number of hydrogen-bond acceptors (Lipinski definition) is 3. The van der Waals surface area contributed by atoms with Crippen LogP contribution in [0.1, 0.15) is 38.2 Å². The van der Waals surface area contributed by atoms with Crippen molar-refractivity contribution >= 4 is 16.8 Å². The van der Waals surface area contributed by atoms with Crippen molar-refractivity contribution < 1.29 is 4.79 Å². The van der Waals surface area contributed by atoms with Crippen LogP contribution in [0.25, 0.3) is 22.2 Å². The lowest BCUT2D eigenvalue weighted by Gasteiger charge is -2.30. The van der Waals surface area contributed by atoms with Crippen LogP contribution >= 0.6 is 0 Å². The highest BCUT2D eigenvalue weighted by Gasteiger charge is 2.14. The molecule has 2 aromatic heterocycles. The highest BCUT2D eigenvalue weighted by Crippen LogP contribution is 2.23. The van der Waals surface area contributed by atoms with E-state index in [2.05, 4.69) is 71.7 Å². The Morgan fingerprint density at radius 1 is 1.11 bits per heavy atom. The Balaban J connectivity index is 1.70. The van der Waals surface area contributed by atoms with Crippen LogP contribution in [0.15, 0.2) is 48.7 Å². The van der Waals surface area contributed by atoms with Crippen molar-refractivity contribution in [3.05, 3.63) is 54.4 Å². The van der Waals surface area contributed by atoms with Crippen LogP contribution in [0.2, 0.25) is 0 Å². The van der Waals surface area contributed by atoms with Crippen molar-refractivity contribution in [3.63, 3.8) is 0 Å². The number of fused-ring (bicyclic) bond motifs is 1. The van der Waals surface area contributed by atoms with E-state index in [0.717, 1.165) is 17.8 Å². The third kappa shape index (κ3) is 4.42. The van der Waals surface area contributed by atoms with Crippen molar-refractivity contribution in [1.29, 1.82) is 0 Å². The fourth-order valence-electron chi connectivity index (χ4n) is 3.66. The van der Waals surface area contributed by atoms with Crippen LogP contribution in [0.3, 0.4) is 0 Å². The van der Waals surface area contributed by atoms with Crippen LogP contribution in [0, 0.1) is 0 Å². The lowest BCUT2D eigenvalue weighted by Crippen LogP contribution is -2.42. The molecule has 0 saturated heterocycles. The normalized spacial score (nSPS) is 11.7. The summed E-state index contributed by atoms with van der Waals surface area (Å²) in [6.07, 6.45) is 2.04. The van der Waals surface area contributed by atoms with E-state index >= 15 is 0 Å². The number of rotatable bonds is 7. The van der Waals surface area contributed by atoms with E-state index in [0.29, 0.717) is 24.3 Å². The lowest BCUT2D eigenvalue weighted by atomic mass is 10.1. The molecule has 0 radical (unpaired) electrons. The number of aryl methyl sites for hydroxylation is 1. The second-order valence-corrected chi connectivity index (χ2v) is 7.79. The molecule has 3 rings (SSSR count). The van der Waals surface area contributed by atoms with Crippen LogP contribution in [0.4, 0.5) is 0 Å². The summed E-state index contributed by atoms with van der Waals surface area (Å²) < 4.78 is 2.09. The van der Waals surface area contributed by atoms with Crippen LogP contribution in [-0.2, 0) is 7.05 Å². The number of nitrogens with one attached hydrogen (secondary N) is 1. The molecule has 0 bridgehead atoms. The smallest absolute Gasteiger partial charge is 0.269 e. The molecule has 2 heterocycles. The van der Waals surface area contributed by atoms with Gasteiger partial charge in [0, 0.05) is 54.9 Å². The summed E-state index contributed by atoms with van der Waals surface area (Å²) in [5, 5.41) is 4.17. The predicted molar refractivity (Wildman–Crippen MR) is 115 cm³/mol. The summed E-state index contributed by atoms with van der Waals surface area (Å²) in [4.78, 5) is 19.5. The summed E-state index contributed by atoms with van der Waals surface area (Å²) in [6, 6.07) is 14.8. The Bertz CT molecular complexity index is 950. The van der Waals surface area contributed by atoms with E-state index in [1.807, 2.05) is 25.4 Å². The van der Waals surface area contributed by atoms with Crippen LogP contribution < -0.4 is 5.32 Å². The van der Waals surface area contributed by atoms with Crippen molar-refractivity contribution in [2.75, 3.05) is 13.1 Å². The zero-order valence-corrected chi connectivity index (χ0v) is 17.4. The molecule has 1 amide bonds. The van der Waals surface area contributed by atoms with Gasteiger partial charge in [-0.15, -0.1) is 0 Å². The Morgan fingerprint density at radius 2 is 1.86 bits per heavy atom. The van der Waals surface area contributed by atoms with Gasteiger partial charge in [-0.25, -0.2) is 4.98 Å². The average molecular weight is 379 g/mol. The highest BCUT2D eigenvalue weighted by atomic mass is 16.1. The molecule has 0 spiro atoms. The highest BCUT2D eigenvalue weighted by molar-refractivity contribution is 5.93. The molecule has 0 saturated carbocycles. The number of amides is 1. The number of carbonyl (C=O) groups excluding carboxylic acids is 1. The van der Waals surface area contributed by atoms with Gasteiger partial charge >= 0.3 is 0 Å². The first kappa shape index (κ1) is 20.1. The minimum Gasteiger partial charge on any atom is -0.351 e. The first-order chi connectivity index (χ1) is 13.4. The topological polar surface area (TPSA) is 50.2 Å². The fraction of sp³-hybridized carbons (Fsp3) is 0.391. The molecule has 148 valence electrons. The minimum absolute atomic E-state index is 0.130. The van der Waals surface area contributed by atoms with Crippen molar-refractivity contribution in [3.8, 4) is 11.3 Å². The minimum atomic E-state index is -0.130. The first-order valence-corrected chi connectivity index (χ1v) is 9.93. The average Bonchev–Trinajstić information content (AvgIpc) is 3.05. The Hall–Kier alpha value is -2.66. The molecule has 1 N–H and O–H groups in total. The monoisotopic (exact) mass is 378 g/mol. The van der Waals surface area contributed by atoms with E-state index < -0.39 is 0 Å². The van der Waals surface area contributed by atoms with Gasteiger partial charge in [0.25, 0.3) is 5.91 Å². The zero-order chi connectivity index (χ0) is 20.3. The number of aromatic nitrogens is 2. The van der Waals surface area contributed by atoms with Crippen molar-refractivity contribution in [2.24, 2.45) is 7.05 Å². The summed E-state index contributed by atoms with van der Waals surface area (Å²) >= 11 is 0. The third-order valence-electron chi connectivity index (χ3n) is 5.14. The summed E-state index contributed by atoms with van der Waals surface area (Å²) in [5.41, 5.74) is 3.45. The number of nitrogens with zero attached hydrogens (tertiary/aromatic N) is 3. The molecule has 0 aliphatic heterocycles. The molecule has 5 nitrogen and oxygen atoms in total. The van der Waals surface area contributed by atoms with E-state index in [4.69, 9.17) is 0 Å². The maximum absolute atomic E-state index is 12.6. The molecule has 0 atom stereocenters. The van der Waals surface area contributed by atoms with E-state index in [9.17, 15) is 4.79 Å². The Morgan fingerprint density at radius 3 is 2.57 bits per heavy atom. The number of benzene rings is 1. The maximum atomic E-state index is 12.6. The summed E-state index contributed by atoms with van der Waals surface area (Å²) in [7, 11) is 2.03. The van der Waals surface area contributed by atoms with Gasteiger partial charge in [-0.3, -0.25) is 9.69 Å². The Labute approximate surface area is 167 Å². The van der Waals surface area contributed by atoms with Gasteiger partial charge in [0.2, 0.25) is 0 Å². The lowest BCUT2D eigenvalue weighted by molar-refractivity contribution is 0.0934. The molecular formula is C23H30N4O. The molecule has 0 unspecified atom stereocenters. The van der Waals surface area contributed by atoms with Crippen molar-refractivity contribution in [2.45, 2.75) is 39.8 Å². The fourth-order valence-corrected chi connectivity index (χ4v) is 3.66. The van der Waals surface area contributed by atoms with Gasteiger partial charge in [0.1, 0.15) is 5.69 Å². The molecule has 0 fully saturated rings. The number of carbonyl (C=O) groups is 1. The molecule has 0 aliphatic rings. The number of pyridine rings is 1. The van der Waals surface area contributed by atoms with E-state index in [1.165, 1.54) is 10.9 Å². The predicted octanol–water partition coefficient (Wildman–Crippen LogP) is 4.09. The van der Waals surface area contributed by atoms with Crippen LogP contribution in [0.5, 0.6) is 0 Å². The van der Waals surface area contributed by atoms with Gasteiger partial charge in [-0.1, -0.05) is 12.1 Å². The summed E-state index contributed by atoms with van der Waals surface area (Å²) in [5.74, 6) is -0.130. The van der Waals surface area contributed by atoms with Crippen molar-refractivity contribution in [1.82, 2.24) is 19.8 Å². The quantitative estimate of drug-likeness (QED) is 0.674. The Kier molecular flexibility index (Phi) is 6.15. The molecule has 1 aromatic carbocycles. The van der Waals surface area contributed by atoms with Gasteiger partial charge in [0.15, 0.2) is 0 Å². The largest absolute Gasteiger partial charge is 0.351 e. The molecular weight excluding hydrogens is 348 g/mol. The van der Waals surface area contributed by atoms with Gasteiger partial charge in [-0.2, -0.15) is 0 Å². The van der Waals surface area contributed by atoms with E-state index in [1.54, 1.807) is 6.07 Å². The number of hydrogen-bond donors (Lipinski definition) is 1. The van der Waals surface area contributed by atoms with Gasteiger partial charge in [0.05, 0.1) is 5.69 Å². The van der Waals surface area contributed by atoms with Gasteiger partial charge < -0.3 is 9.88 Å². The second-order valence-electron chi connectivity index (χ2n) is 7.79. The van der Waals surface area contributed by atoms with Crippen LogP contribution in [-0.4, -0.2) is 45.5 Å². The maximum Gasteiger partial charge on any atom is 0.269 e. The molecule has 28 heavy (non-hydrogen) atoms. The summed E-state index contributed by atoms with van der Waals surface area (Å²) in [6.45, 7) is 10.1. The second kappa shape index (κ2) is 8.57. The SMILES string of the molecule is CC(C)N(CCNC(=O)c1cccc(-c2ccc3c(ccn3C)c2)n1)C(C)C.